The van der Waals surface area contributed by atoms with Crippen LogP contribution >= 0.6 is 22.7 Å². The van der Waals surface area contributed by atoms with Gasteiger partial charge in [-0.1, -0.05) is 431 Å². The van der Waals surface area contributed by atoms with Crippen molar-refractivity contribution in [3.05, 3.63) is 558 Å². The molecule has 140 heavy (non-hydrogen) atoms. The minimum atomic E-state index is -2.71. The summed E-state index contributed by atoms with van der Waals surface area (Å²) in [5.41, 5.74) is 23.5. The Kier molecular flexibility index (Phi) is 22.1. The Morgan fingerprint density at radius 1 is 0.171 bits per heavy atom. The molecule has 0 saturated heterocycles. The summed E-state index contributed by atoms with van der Waals surface area (Å²) in [6.45, 7) is 0. The van der Waals surface area contributed by atoms with Gasteiger partial charge in [-0.15, -0.1) is 22.7 Å². The third kappa shape index (κ3) is 14.9. The van der Waals surface area contributed by atoms with Gasteiger partial charge in [0.2, 0.25) is 0 Å². The molecule has 0 aliphatic rings. The fourth-order valence-corrected chi connectivity index (χ4v) is 33.8. The molecule has 660 valence electrons. The Labute approximate surface area is 824 Å². The topological polar surface area (TPSA) is 16.3 Å². The average Bonchev–Trinajstić information content (AvgIpc) is 1.72. The van der Waals surface area contributed by atoms with Crippen molar-refractivity contribution in [1.82, 2.24) is 9.13 Å². The van der Waals surface area contributed by atoms with E-state index in [0.717, 1.165) is 28.4 Å². The number of fused-ring (bicyclic) bond motifs is 12. The summed E-state index contributed by atoms with van der Waals surface area (Å²) >= 11 is 3.73. The smallest absolute Gasteiger partial charge is 0.179 e. The fourth-order valence-electron chi connectivity index (χ4n) is 22.0. The zero-order valence-electron chi connectivity index (χ0n) is 76.7. The summed E-state index contributed by atoms with van der Waals surface area (Å²) < 4.78 is 9.93. The predicted molar refractivity (Wildman–Crippen MR) is 606 cm³/mol. The van der Waals surface area contributed by atoms with Crippen LogP contribution in [0.1, 0.15) is 0 Å². The zero-order valence-corrected chi connectivity index (χ0v) is 80.4. The molecular weight excluding hydrogens is 1760 g/mol. The van der Waals surface area contributed by atoms with Gasteiger partial charge >= 0.3 is 0 Å². The predicted octanol–water partition coefficient (Wildman–Crippen LogP) is 30.7. The molecule has 4 heterocycles. The summed E-state index contributed by atoms with van der Waals surface area (Å²) in [6.07, 6.45) is 0. The third-order valence-electron chi connectivity index (χ3n) is 28.3. The van der Waals surface area contributed by atoms with Gasteiger partial charge in [-0.3, -0.25) is 0 Å². The molecule has 0 aliphatic carbocycles. The van der Waals surface area contributed by atoms with Crippen LogP contribution in [0, 0.1) is 0 Å². The van der Waals surface area contributed by atoms with E-state index < -0.39 is 16.1 Å². The van der Waals surface area contributed by atoms with Gasteiger partial charge < -0.3 is 18.9 Å². The average molecular weight is 1850 g/mol. The number of aromatic nitrogens is 2. The SMILES string of the molecule is c1ccc(-n2c3ccccc3c3c(-c4ccc(-c5ccc(N(c6ccc([Si](c7ccccc7)(c7ccccc7)c7ccccc7)cc6)c6ccc7c(c6)sc6ccccc67)cc5)cc4)cccc32)cc1.c1ccc(-n2c3ccccc3c3c(-c4ccc(-c5ccc(N(c6ccc([Si](c7ccccc7)(c7ccccc7)c7ccccc7)cc6)c6cccc7c6sc6ccccc67)cc5)cc4)cccc32)cc1. The van der Waals surface area contributed by atoms with Crippen molar-refractivity contribution in [1.29, 1.82) is 0 Å². The number of hydrogen-bond acceptors (Lipinski definition) is 4. The van der Waals surface area contributed by atoms with Crippen LogP contribution in [0.5, 0.6) is 0 Å². The molecule has 0 saturated carbocycles. The van der Waals surface area contributed by atoms with Crippen molar-refractivity contribution < 1.29 is 0 Å². The number of rotatable bonds is 20. The van der Waals surface area contributed by atoms with Gasteiger partial charge in [0, 0.05) is 97.0 Å². The van der Waals surface area contributed by atoms with Crippen LogP contribution in [0.4, 0.5) is 34.1 Å². The molecule has 22 aromatic carbocycles. The maximum Gasteiger partial charge on any atom is 0.179 e. The molecular formula is C132H92N4S2Si2. The molecule has 0 unspecified atom stereocenters. The number of hydrogen-bond donors (Lipinski definition) is 0. The summed E-state index contributed by atoms with van der Waals surface area (Å²) in [5.74, 6) is 0. The second-order valence-corrected chi connectivity index (χ2v) is 45.8. The second-order valence-electron chi connectivity index (χ2n) is 36.0. The van der Waals surface area contributed by atoms with E-state index in [9.17, 15) is 0 Å². The third-order valence-corrected chi connectivity index (χ3v) is 40.3. The maximum absolute atomic E-state index is 2.71. The van der Waals surface area contributed by atoms with Gasteiger partial charge in [-0.2, -0.15) is 0 Å². The highest BCUT2D eigenvalue weighted by molar-refractivity contribution is 7.26. The van der Waals surface area contributed by atoms with Crippen molar-refractivity contribution >= 4 is 198 Å². The minimum absolute atomic E-state index is 1.10. The number of anilines is 6. The first-order valence-corrected chi connectivity index (χ1v) is 53.6. The largest absolute Gasteiger partial charge is 0.310 e. The quantitative estimate of drug-likeness (QED) is 0.0559. The first-order chi connectivity index (χ1) is 69.5. The van der Waals surface area contributed by atoms with E-state index in [4.69, 9.17) is 0 Å². The molecule has 4 aromatic heterocycles. The highest BCUT2D eigenvalue weighted by Gasteiger charge is 2.43. The van der Waals surface area contributed by atoms with Crippen LogP contribution in [-0.2, 0) is 0 Å². The van der Waals surface area contributed by atoms with Crippen molar-refractivity contribution in [3.8, 4) is 55.9 Å². The van der Waals surface area contributed by atoms with Gasteiger partial charge in [0.05, 0.1) is 32.5 Å². The van der Waals surface area contributed by atoms with Gasteiger partial charge in [-0.25, -0.2) is 0 Å². The normalized spacial score (nSPS) is 11.7. The number of nitrogens with zero attached hydrogens (tertiary/aromatic N) is 4. The molecule has 0 atom stereocenters. The molecule has 26 rings (SSSR count). The molecule has 0 spiro atoms. The van der Waals surface area contributed by atoms with Crippen LogP contribution in [0.2, 0.25) is 0 Å². The second kappa shape index (κ2) is 36.5. The van der Waals surface area contributed by atoms with Gasteiger partial charge in [0.15, 0.2) is 16.1 Å². The van der Waals surface area contributed by atoms with Crippen LogP contribution in [0.3, 0.4) is 0 Å². The highest BCUT2D eigenvalue weighted by atomic mass is 32.1. The summed E-state index contributed by atoms with van der Waals surface area (Å²) in [7, 11) is -5.41. The molecule has 0 radical (unpaired) electrons. The van der Waals surface area contributed by atoms with Crippen molar-refractivity contribution in [3.63, 3.8) is 0 Å². The Hall–Kier alpha value is -17.1. The van der Waals surface area contributed by atoms with Crippen molar-refractivity contribution in [2.75, 3.05) is 9.80 Å². The van der Waals surface area contributed by atoms with E-state index in [1.165, 1.54) is 187 Å². The van der Waals surface area contributed by atoms with Gasteiger partial charge in [-0.05, 0) is 213 Å². The van der Waals surface area contributed by atoms with Crippen LogP contribution in [-0.4, -0.2) is 25.3 Å². The lowest BCUT2D eigenvalue weighted by atomic mass is 9.97. The number of para-hydroxylation sites is 4. The number of thiophene rings is 2. The molecule has 8 heteroatoms. The molecule has 0 aliphatic heterocycles. The fraction of sp³-hybridized carbons (Fsp3) is 0. The van der Waals surface area contributed by atoms with Gasteiger partial charge in [0.25, 0.3) is 0 Å². The molecule has 0 amide bonds. The Morgan fingerprint density at radius 2 is 0.443 bits per heavy atom. The minimum Gasteiger partial charge on any atom is -0.310 e. The zero-order chi connectivity index (χ0) is 92.9. The van der Waals surface area contributed by atoms with E-state index in [-0.39, 0.29) is 0 Å². The van der Waals surface area contributed by atoms with Crippen molar-refractivity contribution in [2.45, 2.75) is 0 Å². The van der Waals surface area contributed by atoms with E-state index in [0.29, 0.717) is 0 Å². The first kappa shape index (κ1) is 84.6. The Balaban J connectivity index is 0.000000148. The van der Waals surface area contributed by atoms with E-state index >= 15 is 0 Å². The molecule has 4 nitrogen and oxygen atoms in total. The standard InChI is InChI=1S/2C66H46N2SSi/c1-5-19-50(20-6-1)68-61-31-15-13-28-60(61)65-57(29-17-32-62(65)68)49-37-35-47(36-38-49)48-39-41-51(42-40-48)67(63-33-18-30-59-58-27-14-16-34-64(58)69-66(59)63)52-43-45-56(46-44-52)70(53-21-7-2-8-22-53,54-23-9-3-10-24-54)55-25-11-4-12-26-55;1-5-18-50(19-6-1)68-62-29-15-13-27-61(62)66-58(28-17-30-63(66)68)49-34-32-47(33-35-49)48-36-38-51(39-37-48)67(53-42-45-60-59-26-14-16-31-64(59)69-65(60)46-53)52-40-43-57(44-41-52)70(54-20-7-2-8-21-54,55-22-9-3-10-23-55)56-24-11-4-12-25-56/h2*1-46H. The molecule has 26 aromatic rings. The van der Waals surface area contributed by atoms with E-state index in [2.05, 4.69) is 577 Å². The lowest BCUT2D eigenvalue weighted by Gasteiger charge is -2.35. The molecule has 0 bridgehead atoms. The monoisotopic (exact) mass is 1850 g/mol. The summed E-state index contributed by atoms with van der Waals surface area (Å²) in [5, 5.41) is 21.1. The summed E-state index contributed by atoms with van der Waals surface area (Å²) in [6, 6.07) is 206. The first-order valence-electron chi connectivity index (χ1n) is 48.0. The Morgan fingerprint density at radius 3 is 0.836 bits per heavy atom. The van der Waals surface area contributed by atoms with Crippen LogP contribution in [0.15, 0.2) is 558 Å². The lowest BCUT2D eigenvalue weighted by Crippen LogP contribution is -2.74. The van der Waals surface area contributed by atoms with Crippen LogP contribution < -0.4 is 51.3 Å². The highest BCUT2D eigenvalue weighted by Crippen LogP contribution is 2.48. The van der Waals surface area contributed by atoms with Gasteiger partial charge in [0.1, 0.15) is 0 Å². The summed E-state index contributed by atoms with van der Waals surface area (Å²) in [4.78, 5) is 4.88. The van der Waals surface area contributed by atoms with Crippen molar-refractivity contribution in [2.24, 2.45) is 0 Å². The maximum atomic E-state index is 2.46. The lowest BCUT2D eigenvalue weighted by molar-refractivity contribution is 1.18. The number of benzene rings is 22. The van der Waals surface area contributed by atoms with E-state index in [1.54, 1.807) is 0 Å². The molecule has 0 N–H and O–H groups in total. The molecule has 0 fully saturated rings. The van der Waals surface area contributed by atoms with Crippen LogP contribution in [0.25, 0.3) is 140 Å². The Bertz CT molecular complexity index is 8780. The van der Waals surface area contributed by atoms with E-state index in [1.807, 2.05) is 22.7 Å².